The van der Waals surface area contributed by atoms with Crippen molar-refractivity contribution < 1.29 is 9.53 Å². The molecule has 1 aromatic heterocycles. The van der Waals surface area contributed by atoms with Gasteiger partial charge in [-0.3, -0.25) is 9.69 Å². The zero-order valence-corrected chi connectivity index (χ0v) is 18.5. The molecule has 0 aliphatic carbocycles. The molecule has 4 rings (SSSR count). The molecule has 1 aliphatic rings. The summed E-state index contributed by atoms with van der Waals surface area (Å²) in [6.07, 6.45) is 1.46. The number of rotatable bonds is 8. The van der Waals surface area contributed by atoms with Gasteiger partial charge in [0.25, 0.3) is 5.91 Å². The number of aromatic nitrogens is 1. The second kappa shape index (κ2) is 10.8. The molecule has 2 aromatic carbocycles. The van der Waals surface area contributed by atoms with Crippen molar-refractivity contribution in [1.82, 2.24) is 15.2 Å². The Morgan fingerprint density at radius 1 is 0.969 bits per heavy atom. The van der Waals surface area contributed by atoms with E-state index in [1.807, 2.05) is 43.3 Å². The van der Waals surface area contributed by atoms with Crippen molar-refractivity contribution in [3.8, 4) is 5.88 Å². The molecule has 0 saturated carbocycles. The number of amides is 1. The minimum atomic E-state index is -0.108. The average molecular weight is 431 g/mol. The van der Waals surface area contributed by atoms with Crippen molar-refractivity contribution in [1.29, 1.82) is 0 Å². The lowest BCUT2D eigenvalue weighted by Gasteiger charge is -2.36. The largest absolute Gasteiger partial charge is 0.470 e. The van der Waals surface area contributed by atoms with Gasteiger partial charge in [-0.1, -0.05) is 48.5 Å². The van der Waals surface area contributed by atoms with Crippen LogP contribution in [0.2, 0.25) is 0 Å². The van der Waals surface area contributed by atoms with Crippen LogP contribution < -0.4 is 15.0 Å². The van der Waals surface area contributed by atoms with Gasteiger partial charge >= 0.3 is 0 Å². The van der Waals surface area contributed by atoms with Crippen LogP contribution in [0.5, 0.6) is 5.88 Å². The molecule has 1 aliphatic heterocycles. The standard InChI is InChI=1S/C26H30N4O2/c1-21(22-8-4-2-5-9-22)32-25-13-12-23(20-28-25)26(31)27-14-15-29-16-18-30(19-17-29)24-10-6-3-7-11-24/h2-13,20-21H,14-19H2,1H3,(H,27,31)/t21-/m1/s1. The summed E-state index contributed by atoms with van der Waals surface area (Å²) in [6, 6.07) is 24.0. The van der Waals surface area contributed by atoms with E-state index in [-0.39, 0.29) is 12.0 Å². The van der Waals surface area contributed by atoms with Crippen LogP contribution in [-0.2, 0) is 0 Å². The average Bonchev–Trinajstić information content (AvgIpc) is 2.86. The lowest BCUT2D eigenvalue weighted by molar-refractivity contribution is 0.0947. The zero-order valence-electron chi connectivity index (χ0n) is 18.5. The lowest BCUT2D eigenvalue weighted by Crippen LogP contribution is -2.48. The van der Waals surface area contributed by atoms with E-state index < -0.39 is 0 Å². The summed E-state index contributed by atoms with van der Waals surface area (Å²) in [5.74, 6) is 0.400. The molecule has 6 nitrogen and oxygen atoms in total. The SMILES string of the molecule is C[C@@H](Oc1ccc(C(=O)NCCN2CCN(c3ccccc3)CC2)cn1)c1ccccc1. The van der Waals surface area contributed by atoms with Gasteiger partial charge in [0.1, 0.15) is 6.10 Å². The summed E-state index contributed by atoms with van der Waals surface area (Å²) >= 11 is 0. The first-order valence-corrected chi connectivity index (χ1v) is 11.2. The van der Waals surface area contributed by atoms with Crippen LogP contribution in [0.4, 0.5) is 5.69 Å². The Balaban J connectivity index is 1.18. The molecular weight excluding hydrogens is 400 g/mol. The number of para-hydroxylation sites is 1. The number of carbonyl (C=O) groups is 1. The van der Waals surface area contributed by atoms with E-state index in [1.165, 1.54) is 5.69 Å². The summed E-state index contributed by atoms with van der Waals surface area (Å²) in [7, 11) is 0. The van der Waals surface area contributed by atoms with Gasteiger partial charge in [0.2, 0.25) is 5.88 Å². The number of nitrogens with one attached hydrogen (secondary N) is 1. The predicted octanol–water partition coefficient (Wildman–Crippen LogP) is 3.77. The van der Waals surface area contributed by atoms with Crippen molar-refractivity contribution >= 4 is 11.6 Å². The number of hydrogen-bond acceptors (Lipinski definition) is 5. The van der Waals surface area contributed by atoms with E-state index in [2.05, 4.69) is 44.4 Å². The van der Waals surface area contributed by atoms with Gasteiger partial charge in [0.05, 0.1) is 5.56 Å². The second-order valence-corrected chi connectivity index (χ2v) is 7.98. The number of anilines is 1. The zero-order chi connectivity index (χ0) is 22.2. The highest BCUT2D eigenvalue weighted by atomic mass is 16.5. The third kappa shape index (κ3) is 5.86. The third-order valence-corrected chi connectivity index (χ3v) is 5.77. The molecule has 166 valence electrons. The first kappa shape index (κ1) is 21.8. The maximum absolute atomic E-state index is 12.5. The Labute approximate surface area is 189 Å². The van der Waals surface area contributed by atoms with Gasteiger partial charge in [0.15, 0.2) is 0 Å². The Morgan fingerprint density at radius 2 is 1.66 bits per heavy atom. The third-order valence-electron chi connectivity index (χ3n) is 5.77. The summed E-state index contributed by atoms with van der Waals surface area (Å²) in [5.41, 5.74) is 2.90. The van der Waals surface area contributed by atoms with E-state index in [9.17, 15) is 4.79 Å². The van der Waals surface area contributed by atoms with Gasteiger partial charge in [-0.25, -0.2) is 4.98 Å². The smallest absolute Gasteiger partial charge is 0.252 e. The van der Waals surface area contributed by atoms with E-state index in [1.54, 1.807) is 18.3 Å². The molecule has 6 heteroatoms. The Hall–Kier alpha value is -3.38. The second-order valence-electron chi connectivity index (χ2n) is 7.98. The Bertz CT molecular complexity index is 972. The van der Waals surface area contributed by atoms with Crippen molar-refractivity contribution in [2.75, 3.05) is 44.2 Å². The quantitative estimate of drug-likeness (QED) is 0.590. The summed E-state index contributed by atoms with van der Waals surface area (Å²) in [5, 5.41) is 3.00. The maximum atomic E-state index is 12.5. The molecule has 1 atom stereocenters. The molecule has 2 heterocycles. The molecule has 32 heavy (non-hydrogen) atoms. The molecule has 0 spiro atoms. The molecule has 1 fully saturated rings. The van der Waals surface area contributed by atoms with Gasteiger partial charge in [-0.2, -0.15) is 0 Å². The summed E-state index contributed by atoms with van der Waals surface area (Å²) in [4.78, 5) is 21.6. The minimum absolute atomic E-state index is 0.106. The molecule has 3 aromatic rings. The van der Waals surface area contributed by atoms with Crippen LogP contribution in [0.1, 0.15) is 28.9 Å². The molecule has 1 N–H and O–H groups in total. The first-order valence-electron chi connectivity index (χ1n) is 11.2. The Kier molecular flexibility index (Phi) is 7.35. The van der Waals surface area contributed by atoms with Crippen molar-refractivity contribution in [2.24, 2.45) is 0 Å². The van der Waals surface area contributed by atoms with Gasteiger partial charge in [-0.05, 0) is 30.7 Å². The van der Waals surface area contributed by atoms with E-state index in [4.69, 9.17) is 4.74 Å². The number of benzene rings is 2. The number of hydrogen-bond donors (Lipinski definition) is 1. The van der Waals surface area contributed by atoms with Gasteiger partial charge in [0, 0.05) is 57.2 Å². The lowest BCUT2D eigenvalue weighted by atomic mass is 10.1. The minimum Gasteiger partial charge on any atom is -0.470 e. The maximum Gasteiger partial charge on any atom is 0.252 e. The van der Waals surface area contributed by atoms with Crippen molar-refractivity contribution in [2.45, 2.75) is 13.0 Å². The van der Waals surface area contributed by atoms with Crippen LogP contribution in [0.3, 0.4) is 0 Å². The molecule has 1 saturated heterocycles. The number of pyridine rings is 1. The van der Waals surface area contributed by atoms with Crippen LogP contribution >= 0.6 is 0 Å². The Morgan fingerprint density at radius 3 is 2.31 bits per heavy atom. The highest BCUT2D eigenvalue weighted by Crippen LogP contribution is 2.20. The van der Waals surface area contributed by atoms with E-state index >= 15 is 0 Å². The van der Waals surface area contributed by atoms with Crippen LogP contribution in [-0.4, -0.2) is 55.1 Å². The fourth-order valence-corrected chi connectivity index (χ4v) is 3.86. The van der Waals surface area contributed by atoms with Gasteiger partial charge < -0.3 is 15.0 Å². The van der Waals surface area contributed by atoms with E-state index in [0.717, 1.165) is 38.3 Å². The molecule has 0 radical (unpaired) electrons. The summed E-state index contributed by atoms with van der Waals surface area (Å²) < 4.78 is 5.88. The fraction of sp³-hybridized carbons (Fsp3) is 0.308. The van der Waals surface area contributed by atoms with Gasteiger partial charge in [-0.15, -0.1) is 0 Å². The van der Waals surface area contributed by atoms with Crippen molar-refractivity contribution in [3.63, 3.8) is 0 Å². The summed E-state index contributed by atoms with van der Waals surface area (Å²) in [6.45, 7) is 7.45. The fourth-order valence-electron chi connectivity index (χ4n) is 3.86. The number of carbonyl (C=O) groups excluding carboxylic acids is 1. The number of ether oxygens (including phenoxy) is 1. The molecular formula is C26H30N4O2. The molecule has 0 unspecified atom stereocenters. The molecule has 1 amide bonds. The van der Waals surface area contributed by atoms with Crippen LogP contribution in [0, 0.1) is 0 Å². The monoisotopic (exact) mass is 430 g/mol. The normalized spacial score (nSPS) is 15.2. The van der Waals surface area contributed by atoms with Crippen molar-refractivity contribution in [3.05, 3.63) is 90.1 Å². The van der Waals surface area contributed by atoms with Crippen LogP contribution in [0.25, 0.3) is 0 Å². The predicted molar refractivity (Wildman–Crippen MR) is 127 cm³/mol. The highest BCUT2D eigenvalue weighted by molar-refractivity contribution is 5.93. The number of nitrogens with zero attached hydrogens (tertiary/aromatic N) is 3. The van der Waals surface area contributed by atoms with Crippen LogP contribution in [0.15, 0.2) is 79.0 Å². The first-order chi connectivity index (χ1) is 15.7. The topological polar surface area (TPSA) is 57.7 Å². The van der Waals surface area contributed by atoms with E-state index in [0.29, 0.717) is 18.0 Å². The number of piperazine rings is 1. The highest BCUT2D eigenvalue weighted by Gasteiger charge is 2.17. The molecule has 0 bridgehead atoms.